The second-order valence-electron chi connectivity index (χ2n) is 11.9. The van der Waals surface area contributed by atoms with Gasteiger partial charge >= 0.3 is 0 Å². The summed E-state index contributed by atoms with van der Waals surface area (Å²) in [6, 6.07) is 53.3. The number of imidazole rings is 1. The number of hydrogen-bond donors (Lipinski definition) is 0. The zero-order valence-electron chi connectivity index (χ0n) is 31.6. The molecule has 0 bridgehead atoms. The number of rotatable bonds is 5. The maximum absolute atomic E-state index is 8.03. The molecule has 9 rings (SSSR count). The van der Waals surface area contributed by atoms with Crippen LogP contribution in [0.2, 0.25) is 0 Å². The molecule has 4 nitrogen and oxygen atoms in total. The van der Waals surface area contributed by atoms with Crippen molar-refractivity contribution < 1.29 is 30.0 Å². The predicted molar refractivity (Wildman–Crippen MR) is 204 cm³/mol. The van der Waals surface area contributed by atoms with Gasteiger partial charge in [-0.05, 0) is 66.0 Å². The van der Waals surface area contributed by atoms with Crippen LogP contribution in [0.4, 0.5) is 0 Å². The Balaban J connectivity index is 0.000000231. The molecule has 0 saturated heterocycles. The topological polar surface area (TPSA) is 43.9 Å². The van der Waals surface area contributed by atoms with Gasteiger partial charge in [0.1, 0.15) is 0 Å². The van der Waals surface area contributed by atoms with E-state index in [0.717, 1.165) is 67.0 Å². The van der Waals surface area contributed by atoms with E-state index in [9.17, 15) is 0 Å². The number of benzene rings is 6. The Morgan fingerprint density at radius 1 is 0.725 bits per heavy atom. The molecule has 51 heavy (non-hydrogen) atoms. The molecule has 249 valence electrons. The third-order valence-electron chi connectivity index (χ3n) is 8.54. The van der Waals surface area contributed by atoms with Crippen LogP contribution in [0.15, 0.2) is 168 Å². The van der Waals surface area contributed by atoms with Crippen molar-refractivity contribution in [1.82, 2.24) is 14.5 Å². The molecule has 0 spiro atoms. The van der Waals surface area contributed by atoms with Gasteiger partial charge in [0.05, 0.1) is 23.9 Å². The smallest absolute Gasteiger partial charge is 0.0774 e. The molecule has 5 heteroatoms. The third-order valence-corrected chi connectivity index (χ3v) is 8.54. The fraction of sp³-hybridized carbons (Fsp3) is 0.0435. The summed E-state index contributed by atoms with van der Waals surface area (Å²) in [5, 5.41) is 0.882. The second kappa shape index (κ2) is 14.9. The fourth-order valence-corrected chi connectivity index (χ4v) is 6.25. The first-order valence-electron chi connectivity index (χ1n) is 18.3. The molecule has 0 aliphatic heterocycles. The number of fused-ring (bicyclic) bond motifs is 2. The Hall–Kier alpha value is -5.87. The Morgan fingerprint density at radius 2 is 1.43 bits per heavy atom. The zero-order valence-corrected chi connectivity index (χ0v) is 30.0. The third kappa shape index (κ3) is 6.82. The van der Waals surface area contributed by atoms with Crippen LogP contribution in [0.1, 0.15) is 16.6 Å². The number of nitrogens with zero attached hydrogens (tertiary/aromatic N) is 3. The average Bonchev–Trinajstić information content (AvgIpc) is 3.79. The normalized spacial score (nSPS) is 12.2. The van der Waals surface area contributed by atoms with Crippen LogP contribution in [0.5, 0.6) is 0 Å². The quantitative estimate of drug-likeness (QED) is 0.162. The van der Waals surface area contributed by atoms with Gasteiger partial charge in [0.15, 0.2) is 0 Å². The van der Waals surface area contributed by atoms with E-state index in [4.69, 9.17) is 14.9 Å². The van der Waals surface area contributed by atoms with E-state index in [0.29, 0.717) is 11.6 Å². The molecule has 0 saturated carbocycles. The molecule has 0 amide bonds. The van der Waals surface area contributed by atoms with Crippen molar-refractivity contribution in [3.8, 4) is 50.6 Å². The van der Waals surface area contributed by atoms with Crippen LogP contribution in [0.3, 0.4) is 0 Å². The first kappa shape index (κ1) is 28.9. The summed E-state index contributed by atoms with van der Waals surface area (Å²) in [4.78, 5) is 9.25. The summed E-state index contributed by atoms with van der Waals surface area (Å²) >= 11 is 0. The van der Waals surface area contributed by atoms with Crippen LogP contribution in [-0.4, -0.2) is 14.5 Å². The molecular formula is C46H33IrN3O-2. The first-order chi connectivity index (χ1) is 26.2. The Morgan fingerprint density at radius 3 is 2.10 bits per heavy atom. The minimum absolute atomic E-state index is 0. The molecule has 3 heterocycles. The maximum Gasteiger partial charge on any atom is 0.0774 e. The number of aromatic nitrogens is 3. The van der Waals surface area contributed by atoms with Crippen molar-refractivity contribution in [2.24, 2.45) is 0 Å². The average molecular weight is 840 g/mol. The molecule has 0 unspecified atom stereocenters. The minimum Gasteiger partial charge on any atom is -0.557 e. The van der Waals surface area contributed by atoms with Crippen molar-refractivity contribution in [3.05, 3.63) is 187 Å². The van der Waals surface area contributed by atoms with E-state index in [-0.39, 0.29) is 25.7 Å². The first-order valence-corrected chi connectivity index (χ1v) is 16.3. The largest absolute Gasteiger partial charge is 0.557 e. The van der Waals surface area contributed by atoms with Gasteiger partial charge in [-0.3, -0.25) is 4.98 Å². The molecule has 0 fully saturated rings. The van der Waals surface area contributed by atoms with Gasteiger partial charge in [0.25, 0.3) is 0 Å². The maximum atomic E-state index is 8.03. The molecule has 6 aromatic carbocycles. The number of aryl methyl sites for hydroxylation is 2. The van der Waals surface area contributed by atoms with Gasteiger partial charge in [-0.25, -0.2) is 0 Å². The van der Waals surface area contributed by atoms with Crippen molar-refractivity contribution in [2.45, 2.75) is 13.8 Å². The molecular weight excluding hydrogens is 803 g/mol. The van der Waals surface area contributed by atoms with Crippen molar-refractivity contribution >= 4 is 22.0 Å². The van der Waals surface area contributed by atoms with Crippen molar-refractivity contribution in [3.63, 3.8) is 0 Å². The van der Waals surface area contributed by atoms with Crippen LogP contribution < -0.4 is 0 Å². The SMILES string of the molecule is [2H]C([2H])([2H])c1ccc(-c2[c-]cccc2)nc1.[2H]c1ccc2c(-c3nc4ccccc4n3-c3c(-c4ccccc4)cc(C)cc3-c3ccccc3)[c-]oc2c1.[Ir]. The Labute approximate surface area is 317 Å². The van der Waals surface area contributed by atoms with Crippen LogP contribution in [-0.2, 0) is 20.1 Å². The fourth-order valence-electron chi connectivity index (χ4n) is 6.25. The van der Waals surface area contributed by atoms with Gasteiger partial charge in [0, 0.05) is 53.4 Å². The molecule has 0 N–H and O–H groups in total. The summed E-state index contributed by atoms with van der Waals surface area (Å²) in [5.41, 5.74) is 11.9. The molecule has 3 aromatic heterocycles. The Kier molecular flexibility index (Phi) is 8.47. The molecule has 0 aliphatic carbocycles. The second-order valence-corrected chi connectivity index (χ2v) is 11.9. The molecule has 0 atom stereocenters. The van der Waals surface area contributed by atoms with Gasteiger partial charge in [-0.1, -0.05) is 114 Å². The van der Waals surface area contributed by atoms with E-state index < -0.39 is 6.85 Å². The number of furan rings is 1. The van der Waals surface area contributed by atoms with E-state index in [1.54, 1.807) is 30.3 Å². The predicted octanol–water partition coefficient (Wildman–Crippen LogP) is 11.7. The van der Waals surface area contributed by atoms with E-state index in [1.165, 1.54) is 11.8 Å². The molecule has 0 aliphatic rings. The Bertz CT molecular complexity index is 2650. The minimum atomic E-state index is -2.09. The zero-order chi connectivity index (χ0) is 37.2. The summed E-state index contributed by atoms with van der Waals surface area (Å²) in [5.74, 6) is 0.751. The summed E-state index contributed by atoms with van der Waals surface area (Å²) in [6.07, 6.45) is 4.51. The number of para-hydroxylation sites is 3. The van der Waals surface area contributed by atoms with Gasteiger partial charge in [-0.15, -0.1) is 42.0 Å². The summed E-state index contributed by atoms with van der Waals surface area (Å²) in [6.45, 7) is 0.0529. The molecule has 1 radical (unpaired) electrons. The van der Waals surface area contributed by atoms with E-state index in [2.05, 4.69) is 95.5 Å². The van der Waals surface area contributed by atoms with Gasteiger partial charge in [0.2, 0.25) is 0 Å². The monoisotopic (exact) mass is 840 g/mol. The van der Waals surface area contributed by atoms with E-state index >= 15 is 0 Å². The number of pyridine rings is 1. The van der Waals surface area contributed by atoms with Gasteiger partial charge < -0.3 is 14.0 Å². The number of hydrogen-bond acceptors (Lipinski definition) is 3. The standard InChI is InChI=1S/C34H23N2O.C12H10N.Ir/c1-23-20-27(24-12-4-2-5-13-24)33(28(21-23)25-14-6-3-7-15-25)36-31-18-10-9-17-30(31)35-34(36)29-22-37-32-19-11-8-16-26(29)32;1-10-7-8-12(13-9-10)11-5-3-2-4-6-11;/h2-21H,1H3;2-5,7-9H,1H3;/q2*-1;/i11D;1D3;. The van der Waals surface area contributed by atoms with Crippen LogP contribution >= 0.6 is 0 Å². The van der Waals surface area contributed by atoms with E-state index in [1.807, 2.05) is 54.6 Å². The van der Waals surface area contributed by atoms with Gasteiger partial charge in [-0.2, -0.15) is 0 Å². The summed E-state index contributed by atoms with van der Waals surface area (Å²) in [7, 11) is 0. The van der Waals surface area contributed by atoms with Crippen LogP contribution in [0, 0.1) is 26.1 Å². The van der Waals surface area contributed by atoms with Crippen molar-refractivity contribution in [1.29, 1.82) is 0 Å². The van der Waals surface area contributed by atoms with Crippen LogP contribution in [0.25, 0.3) is 72.6 Å². The van der Waals surface area contributed by atoms with Crippen molar-refractivity contribution in [2.75, 3.05) is 0 Å². The summed E-state index contributed by atoms with van der Waals surface area (Å²) < 4.78 is 37.8. The molecule has 9 aromatic rings.